The minimum Gasteiger partial charge on any atom is -0.454 e. The average Bonchev–Trinajstić information content (AvgIpc) is 3.11. The smallest absolute Gasteiger partial charge is 0.454 e. The molecule has 0 radical (unpaired) electrons. The second-order valence-electron chi connectivity index (χ2n) is 11.8. The summed E-state index contributed by atoms with van der Waals surface area (Å²) < 4.78 is 29.1. The summed E-state index contributed by atoms with van der Waals surface area (Å²) >= 11 is 0. The van der Waals surface area contributed by atoms with Crippen LogP contribution in [0, 0.1) is 28.6 Å². The first-order valence-electron chi connectivity index (χ1n) is 13.4. The van der Waals surface area contributed by atoms with Gasteiger partial charge in [-0.05, 0) is 87.0 Å². The maximum absolute atomic E-state index is 12.5. The first-order chi connectivity index (χ1) is 16.4. The molecule has 3 fully saturated rings. The third-order valence-corrected chi connectivity index (χ3v) is 11.2. The first-order valence-corrected chi connectivity index (χ1v) is 14.9. The van der Waals surface area contributed by atoms with E-state index in [1.165, 1.54) is 5.57 Å². The summed E-state index contributed by atoms with van der Waals surface area (Å²) in [6.45, 7) is 13.5. The Morgan fingerprint density at radius 2 is 1.94 bits per heavy atom. The van der Waals surface area contributed by atoms with Crippen LogP contribution in [0.3, 0.4) is 0 Å². The van der Waals surface area contributed by atoms with Crippen molar-refractivity contribution in [3.8, 4) is 0 Å². The molecule has 8 heteroatoms. The van der Waals surface area contributed by atoms with Gasteiger partial charge in [-0.2, -0.15) is 0 Å². The van der Waals surface area contributed by atoms with Crippen molar-refractivity contribution in [3.05, 3.63) is 23.8 Å². The molecule has 0 spiro atoms. The van der Waals surface area contributed by atoms with Gasteiger partial charge in [0.15, 0.2) is 0 Å². The third-order valence-electron chi connectivity index (χ3n) is 10.1. The molecule has 3 saturated carbocycles. The van der Waals surface area contributed by atoms with Crippen LogP contribution < -0.4 is 5.73 Å². The van der Waals surface area contributed by atoms with Crippen LogP contribution in [0.4, 0.5) is 0 Å². The van der Waals surface area contributed by atoms with Crippen molar-refractivity contribution in [1.29, 1.82) is 0 Å². The van der Waals surface area contributed by atoms with E-state index in [2.05, 4.69) is 32.2 Å². The number of allylic oxidation sites excluding steroid dienone is 1. The van der Waals surface area contributed by atoms with Crippen molar-refractivity contribution in [2.75, 3.05) is 13.2 Å². The molecule has 4 rings (SSSR count). The molecule has 0 heterocycles. The molecule has 4 aliphatic rings. The van der Waals surface area contributed by atoms with Crippen LogP contribution >= 0.6 is 7.82 Å². The molecule has 4 N–H and O–H groups in total. The molecule has 0 amide bonds. The molecule has 8 atom stereocenters. The van der Waals surface area contributed by atoms with Crippen molar-refractivity contribution in [2.45, 2.75) is 97.2 Å². The van der Waals surface area contributed by atoms with E-state index in [9.17, 15) is 14.3 Å². The molecule has 4 aliphatic carbocycles. The summed E-state index contributed by atoms with van der Waals surface area (Å²) in [5.74, 6) is 1.46. The maximum atomic E-state index is 12.5. The fourth-order valence-electron chi connectivity index (χ4n) is 8.34. The fourth-order valence-corrected chi connectivity index (χ4v) is 9.31. The minimum atomic E-state index is -4.05. The van der Waals surface area contributed by atoms with E-state index in [1.54, 1.807) is 0 Å². The van der Waals surface area contributed by atoms with Gasteiger partial charge in [0.1, 0.15) is 12.2 Å². The molecular weight excluding hydrogens is 465 g/mol. The van der Waals surface area contributed by atoms with Gasteiger partial charge in [-0.3, -0.25) is 13.8 Å². The standard InChI is InChI=1S/C27H44NO6P/c1-6-24(29)33-27(18(2)3)14-11-23-21-8-7-19-17-20(34-35(30,31)32-16-15-28)9-12-25(19,4)22(21)10-13-26(23,27)5/h7,20-23H,2,6,8-17,28H2,1,3-5H3,(H,30,31)/p+1/t20?,21?,22-,23-,25-,26-,27-/m0/s1. The zero-order chi connectivity index (χ0) is 25.6. The number of quaternary nitrogens is 1. The lowest BCUT2D eigenvalue weighted by Gasteiger charge is -2.59. The van der Waals surface area contributed by atoms with Crippen LogP contribution in [0.1, 0.15) is 85.5 Å². The lowest BCUT2D eigenvalue weighted by molar-refractivity contribution is -0.371. The largest absolute Gasteiger partial charge is 0.472 e. The van der Waals surface area contributed by atoms with Crippen molar-refractivity contribution in [3.63, 3.8) is 0 Å². The predicted octanol–water partition coefficient (Wildman–Crippen LogP) is 4.96. The second-order valence-corrected chi connectivity index (χ2v) is 13.2. The number of phosphoric ester groups is 1. The lowest BCUT2D eigenvalue weighted by atomic mass is 9.46. The van der Waals surface area contributed by atoms with Gasteiger partial charge in [-0.1, -0.05) is 39.0 Å². The highest BCUT2D eigenvalue weighted by atomic mass is 31.2. The number of rotatable bonds is 8. The van der Waals surface area contributed by atoms with Gasteiger partial charge in [0.2, 0.25) is 0 Å². The molecule has 198 valence electrons. The Balaban J connectivity index is 1.55. The quantitative estimate of drug-likeness (QED) is 0.271. The Bertz CT molecular complexity index is 935. The number of ether oxygens (including phenoxy) is 1. The molecule has 0 bridgehead atoms. The highest BCUT2D eigenvalue weighted by molar-refractivity contribution is 7.47. The van der Waals surface area contributed by atoms with Gasteiger partial charge in [-0.15, -0.1) is 0 Å². The van der Waals surface area contributed by atoms with E-state index in [0.717, 1.165) is 50.5 Å². The van der Waals surface area contributed by atoms with E-state index in [-0.39, 0.29) is 29.5 Å². The third kappa shape index (κ3) is 4.50. The van der Waals surface area contributed by atoms with Gasteiger partial charge < -0.3 is 15.4 Å². The van der Waals surface area contributed by atoms with Crippen LogP contribution in [-0.2, 0) is 23.1 Å². The van der Waals surface area contributed by atoms with Crippen molar-refractivity contribution >= 4 is 13.8 Å². The fraction of sp³-hybridized carbons (Fsp3) is 0.815. The van der Waals surface area contributed by atoms with E-state index in [1.807, 2.05) is 13.8 Å². The predicted molar refractivity (Wildman–Crippen MR) is 134 cm³/mol. The van der Waals surface area contributed by atoms with E-state index in [0.29, 0.717) is 37.1 Å². The topological polar surface area (TPSA) is 110 Å². The van der Waals surface area contributed by atoms with E-state index < -0.39 is 13.4 Å². The molecule has 0 aliphatic heterocycles. The maximum Gasteiger partial charge on any atom is 0.472 e. The minimum absolute atomic E-state index is 0.0757. The summed E-state index contributed by atoms with van der Waals surface area (Å²) in [6.07, 6.45) is 9.91. The highest BCUT2D eigenvalue weighted by Crippen LogP contribution is 2.69. The number of carbonyl (C=O) groups is 1. The second kappa shape index (κ2) is 9.72. The van der Waals surface area contributed by atoms with Gasteiger partial charge in [0.05, 0.1) is 12.6 Å². The molecule has 0 aromatic carbocycles. The summed E-state index contributed by atoms with van der Waals surface area (Å²) in [6, 6.07) is 0. The summed E-state index contributed by atoms with van der Waals surface area (Å²) in [5.41, 5.74) is 5.42. The Morgan fingerprint density at radius 3 is 2.60 bits per heavy atom. The van der Waals surface area contributed by atoms with Gasteiger partial charge in [0.25, 0.3) is 0 Å². The SMILES string of the molecule is C=C(C)[C@@]1(OC(=O)CC)CC[C@H]2C3CC=C4CC(OP(=O)(O)OCC[NH3+])CC[C@]4(C)[C@H]3CC[C@@]21C. The van der Waals surface area contributed by atoms with Crippen LogP contribution in [0.25, 0.3) is 0 Å². The van der Waals surface area contributed by atoms with E-state index >= 15 is 0 Å². The number of hydrogen-bond acceptors (Lipinski definition) is 5. The average molecular weight is 511 g/mol. The molecule has 0 aromatic heterocycles. The monoisotopic (exact) mass is 510 g/mol. The van der Waals surface area contributed by atoms with Crippen molar-refractivity contribution in [1.82, 2.24) is 0 Å². The summed E-state index contributed by atoms with van der Waals surface area (Å²) in [4.78, 5) is 22.5. The number of esters is 1. The van der Waals surface area contributed by atoms with Gasteiger partial charge in [0, 0.05) is 11.8 Å². The van der Waals surface area contributed by atoms with E-state index in [4.69, 9.17) is 13.8 Å². The number of carbonyl (C=O) groups excluding carboxylic acids is 1. The highest BCUT2D eigenvalue weighted by Gasteiger charge is 2.66. The Hall–Kier alpha value is -0.980. The Kier molecular flexibility index (Phi) is 7.52. The van der Waals surface area contributed by atoms with Crippen molar-refractivity contribution < 1.29 is 33.8 Å². The number of phosphoric acid groups is 1. The Labute approximate surface area is 210 Å². The zero-order valence-corrected chi connectivity index (χ0v) is 22.9. The normalized spacial score (nSPS) is 42.2. The van der Waals surface area contributed by atoms with Gasteiger partial charge >= 0.3 is 13.8 Å². The van der Waals surface area contributed by atoms with Crippen LogP contribution in [0.15, 0.2) is 23.8 Å². The van der Waals surface area contributed by atoms with Gasteiger partial charge in [-0.25, -0.2) is 4.57 Å². The lowest BCUT2D eigenvalue weighted by Crippen LogP contribution is -2.56. The van der Waals surface area contributed by atoms with Crippen LogP contribution in [0.5, 0.6) is 0 Å². The molecule has 0 saturated heterocycles. The molecule has 3 unspecified atom stereocenters. The molecule has 35 heavy (non-hydrogen) atoms. The van der Waals surface area contributed by atoms with Crippen LogP contribution in [-0.4, -0.2) is 35.7 Å². The number of fused-ring (bicyclic) bond motifs is 5. The number of hydrogen-bond donors (Lipinski definition) is 2. The first kappa shape index (κ1) is 27.1. The Morgan fingerprint density at radius 1 is 1.23 bits per heavy atom. The zero-order valence-electron chi connectivity index (χ0n) is 22.0. The summed E-state index contributed by atoms with van der Waals surface area (Å²) in [5, 5.41) is 0. The summed E-state index contributed by atoms with van der Waals surface area (Å²) in [7, 11) is -4.05. The molecular formula is C27H45NO6P+. The van der Waals surface area contributed by atoms with Crippen molar-refractivity contribution in [2.24, 2.45) is 28.6 Å². The van der Waals surface area contributed by atoms with Crippen LogP contribution in [0.2, 0.25) is 0 Å². The molecule has 0 aromatic rings. The molecule has 7 nitrogen and oxygen atoms in total.